The van der Waals surface area contributed by atoms with Crippen LogP contribution in [0.15, 0.2) is 49.9 Å². The Morgan fingerprint density at radius 2 is 2.06 bits per heavy atom. The van der Waals surface area contributed by atoms with E-state index >= 15 is 0 Å². The van der Waals surface area contributed by atoms with Crippen LogP contribution >= 0.6 is 11.8 Å². The Hall–Kier alpha value is -2.28. The van der Waals surface area contributed by atoms with Crippen LogP contribution in [-0.4, -0.2) is 15.0 Å². The molecule has 0 aliphatic carbocycles. The highest BCUT2D eigenvalue weighted by Gasteiger charge is 2.09. The van der Waals surface area contributed by atoms with Gasteiger partial charge in [0.05, 0.1) is 5.52 Å². The predicted molar refractivity (Wildman–Crippen MR) is 67.4 cm³/mol. The summed E-state index contributed by atoms with van der Waals surface area (Å²) in [5, 5.41) is 0.592. The minimum atomic E-state index is -0.498. The SMILES string of the molecule is Nc1cc2oc(=O)[nH]c2cc1Sc1ncccn1. The molecule has 1 aromatic carbocycles. The normalized spacial score (nSPS) is 10.9. The van der Waals surface area contributed by atoms with Gasteiger partial charge in [-0.2, -0.15) is 0 Å². The summed E-state index contributed by atoms with van der Waals surface area (Å²) in [6, 6.07) is 5.10. The number of nitrogens with one attached hydrogen (secondary N) is 1. The zero-order chi connectivity index (χ0) is 12.5. The number of aromatic nitrogens is 3. The highest BCUT2D eigenvalue weighted by molar-refractivity contribution is 7.99. The van der Waals surface area contributed by atoms with Crippen LogP contribution in [0.2, 0.25) is 0 Å². The van der Waals surface area contributed by atoms with Gasteiger partial charge in [0.1, 0.15) is 0 Å². The first-order chi connectivity index (χ1) is 8.72. The van der Waals surface area contributed by atoms with Crippen LogP contribution in [0.3, 0.4) is 0 Å². The number of hydrogen-bond acceptors (Lipinski definition) is 6. The number of H-pyrrole nitrogens is 1. The molecule has 0 aliphatic heterocycles. The molecule has 0 amide bonds. The number of benzene rings is 1. The number of aromatic amines is 1. The third-order valence-corrected chi connectivity index (χ3v) is 3.26. The summed E-state index contributed by atoms with van der Waals surface area (Å²) in [4.78, 5) is 22.6. The third-order valence-electron chi connectivity index (χ3n) is 2.29. The summed E-state index contributed by atoms with van der Waals surface area (Å²) in [6.07, 6.45) is 3.31. The van der Waals surface area contributed by atoms with E-state index in [1.54, 1.807) is 30.6 Å². The third kappa shape index (κ3) is 1.95. The molecular weight excluding hydrogens is 252 g/mol. The molecule has 3 rings (SSSR count). The number of nitrogen functional groups attached to an aromatic ring is 1. The van der Waals surface area contributed by atoms with Crippen molar-refractivity contribution in [2.24, 2.45) is 0 Å². The predicted octanol–water partition coefficient (Wildman–Crippen LogP) is 1.64. The maximum atomic E-state index is 11.1. The second-order valence-electron chi connectivity index (χ2n) is 3.53. The Balaban J connectivity index is 2.06. The summed E-state index contributed by atoms with van der Waals surface area (Å²) in [7, 11) is 0. The molecule has 0 fully saturated rings. The van der Waals surface area contributed by atoms with Crippen molar-refractivity contribution in [1.82, 2.24) is 15.0 Å². The molecule has 0 spiro atoms. The number of fused-ring (bicyclic) bond motifs is 1. The van der Waals surface area contributed by atoms with Gasteiger partial charge in [0.15, 0.2) is 10.7 Å². The molecule has 0 saturated carbocycles. The van der Waals surface area contributed by atoms with Crippen LogP contribution < -0.4 is 11.5 Å². The smallest absolute Gasteiger partial charge is 0.408 e. The van der Waals surface area contributed by atoms with Crippen LogP contribution in [0.5, 0.6) is 0 Å². The van der Waals surface area contributed by atoms with E-state index in [0.29, 0.717) is 21.9 Å². The fraction of sp³-hybridized carbons (Fsp3) is 0. The molecule has 18 heavy (non-hydrogen) atoms. The van der Waals surface area contributed by atoms with Crippen molar-refractivity contribution in [1.29, 1.82) is 0 Å². The van der Waals surface area contributed by atoms with E-state index in [0.717, 1.165) is 4.90 Å². The van der Waals surface area contributed by atoms with Crippen LogP contribution in [0.4, 0.5) is 5.69 Å². The van der Waals surface area contributed by atoms with Crippen LogP contribution in [0.1, 0.15) is 0 Å². The van der Waals surface area contributed by atoms with Gasteiger partial charge < -0.3 is 10.2 Å². The average molecular weight is 260 g/mol. The molecule has 0 atom stereocenters. The molecule has 0 unspecified atom stereocenters. The van der Waals surface area contributed by atoms with Gasteiger partial charge >= 0.3 is 5.76 Å². The number of nitrogens with two attached hydrogens (primary N) is 1. The van der Waals surface area contributed by atoms with Crippen molar-refractivity contribution in [3.05, 3.63) is 41.1 Å². The van der Waals surface area contributed by atoms with Gasteiger partial charge in [0.25, 0.3) is 0 Å². The van der Waals surface area contributed by atoms with Crippen molar-refractivity contribution < 1.29 is 4.42 Å². The van der Waals surface area contributed by atoms with Crippen molar-refractivity contribution in [3.8, 4) is 0 Å². The van der Waals surface area contributed by atoms with Crippen LogP contribution in [0.25, 0.3) is 11.1 Å². The number of nitrogens with zero attached hydrogens (tertiary/aromatic N) is 2. The highest BCUT2D eigenvalue weighted by atomic mass is 32.2. The first-order valence-corrected chi connectivity index (χ1v) is 5.91. The monoisotopic (exact) mass is 260 g/mol. The molecule has 0 bridgehead atoms. The van der Waals surface area contributed by atoms with Crippen LogP contribution in [0, 0.1) is 0 Å². The first kappa shape index (κ1) is 10.8. The Bertz CT molecular complexity index is 751. The zero-order valence-electron chi connectivity index (χ0n) is 9.08. The summed E-state index contributed by atoms with van der Waals surface area (Å²) >= 11 is 1.33. The topological polar surface area (TPSA) is 97.8 Å². The molecule has 0 aliphatic rings. The number of oxazole rings is 1. The van der Waals surface area contributed by atoms with Gasteiger partial charge in [-0.15, -0.1) is 0 Å². The van der Waals surface area contributed by atoms with Crippen LogP contribution in [-0.2, 0) is 0 Å². The number of hydrogen-bond donors (Lipinski definition) is 2. The van der Waals surface area contributed by atoms with E-state index in [9.17, 15) is 4.79 Å². The lowest BCUT2D eigenvalue weighted by molar-refractivity contribution is 0.555. The van der Waals surface area contributed by atoms with Gasteiger partial charge in [-0.05, 0) is 23.9 Å². The molecule has 6 nitrogen and oxygen atoms in total. The first-order valence-electron chi connectivity index (χ1n) is 5.09. The van der Waals surface area contributed by atoms with Gasteiger partial charge in [0, 0.05) is 29.0 Å². The van der Waals surface area contributed by atoms with Gasteiger partial charge in [-0.25, -0.2) is 14.8 Å². The Kier molecular flexibility index (Phi) is 2.52. The minimum Gasteiger partial charge on any atom is -0.408 e. The van der Waals surface area contributed by atoms with Gasteiger partial charge in [-0.3, -0.25) is 4.98 Å². The van der Waals surface area contributed by atoms with E-state index in [1.165, 1.54) is 11.8 Å². The molecule has 3 aromatic rings. The fourth-order valence-electron chi connectivity index (χ4n) is 1.52. The maximum Gasteiger partial charge on any atom is 0.417 e. The Labute approximate surface area is 105 Å². The average Bonchev–Trinajstić information content (AvgIpc) is 2.70. The molecule has 90 valence electrons. The molecule has 0 radical (unpaired) electrons. The quantitative estimate of drug-likeness (QED) is 0.537. The highest BCUT2D eigenvalue weighted by Crippen LogP contribution is 2.32. The minimum absolute atomic E-state index is 0.441. The molecule has 2 aromatic heterocycles. The Morgan fingerprint density at radius 1 is 1.28 bits per heavy atom. The van der Waals surface area contributed by atoms with E-state index in [4.69, 9.17) is 10.2 Å². The largest absolute Gasteiger partial charge is 0.417 e. The number of rotatable bonds is 2. The lowest BCUT2D eigenvalue weighted by atomic mass is 10.3. The summed E-state index contributed by atoms with van der Waals surface area (Å²) < 4.78 is 4.92. The maximum absolute atomic E-state index is 11.1. The second kappa shape index (κ2) is 4.19. The molecule has 0 saturated heterocycles. The van der Waals surface area contributed by atoms with Crippen molar-refractivity contribution in [2.75, 3.05) is 5.73 Å². The van der Waals surface area contributed by atoms with Gasteiger partial charge in [-0.1, -0.05) is 0 Å². The van der Waals surface area contributed by atoms with Crippen molar-refractivity contribution in [2.45, 2.75) is 10.1 Å². The molecule has 3 N–H and O–H groups in total. The number of anilines is 1. The van der Waals surface area contributed by atoms with E-state index in [-0.39, 0.29) is 0 Å². The summed E-state index contributed by atoms with van der Waals surface area (Å²) in [6.45, 7) is 0. The summed E-state index contributed by atoms with van der Waals surface area (Å²) in [5.74, 6) is -0.498. The second-order valence-corrected chi connectivity index (χ2v) is 4.54. The lowest BCUT2D eigenvalue weighted by Crippen LogP contribution is -1.93. The lowest BCUT2D eigenvalue weighted by Gasteiger charge is -2.03. The molecular formula is C11H8N4O2S. The van der Waals surface area contributed by atoms with E-state index < -0.39 is 5.76 Å². The van der Waals surface area contributed by atoms with E-state index in [2.05, 4.69) is 15.0 Å². The fourth-order valence-corrected chi connectivity index (χ4v) is 2.30. The Morgan fingerprint density at radius 3 is 2.83 bits per heavy atom. The van der Waals surface area contributed by atoms with Crippen molar-refractivity contribution in [3.63, 3.8) is 0 Å². The molecule has 2 heterocycles. The van der Waals surface area contributed by atoms with Crippen molar-refractivity contribution >= 4 is 28.5 Å². The van der Waals surface area contributed by atoms with E-state index in [1.807, 2.05) is 0 Å². The molecule has 7 heteroatoms. The zero-order valence-corrected chi connectivity index (χ0v) is 9.90. The summed E-state index contributed by atoms with van der Waals surface area (Å²) in [5.41, 5.74) is 7.45. The standard InChI is InChI=1S/C11H8N4O2S/c12-6-4-8-7(15-11(16)17-8)5-9(6)18-10-13-2-1-3-14-10/h1-5H,12H2,(H,15,16). The van der Waals surface area contributed by atoms with Gasteiger partial charge in [0.2, 0.25) is 0 Å².